The second-order valence-corrected chi connectivity index (χ2v) is 16.6. The van der Waals surface area contributed by atoms with Crippen LogP contribution in [-0.4, -0.2) is 21.1 Å². The first kappa shape index (κ1) is 36.3. The van der Waals surface area contributed by atoms with Crippen molar-refractivity contribution in [3.05, 3.63) is 218 Å². The third kappa shape index (κ3) is 5.89. The average Bonchev–Trinajstić information content (AvgIpc) is 3.94. The number of hydrogen-bond donors (Lipinski definition) is 0. The Morgan fingerprint density at radius 3 is 1.91 bits per heavy atom. The van der Waals surface area contributed by atoms with Gasteiger partial charge in [0.15, 0.2) is 5.82 Å². The zero-order valence-corrected chi connectivity index (χ0v) is 34.5. The van der Waals surface area contributed by atoms with Crippen LogP contribution in [0.25, 0.3) is 111 Å². The van der Waals surface area contributed by atoms with Crippen molar-refractivity contribution >= 4 is 43.6 Å². The van der Waals surface area contributed by atoms with Gasteiger partial charge in [0.2, 0.25) is 0 Å². The van der Waals surface area contributed by atoms with Crippen LogP contribution >= 0.6 is 0 Å². The van der Waals surface area contributed by atoms with Gasteiger partial charge < -0.3 is 9.15 Å². The van der Waals surface area contributed by atoms with E-state index in [1.165, 1.54) is 27.6 Å². The minimum atomic E-state index is -0.0709. The molecule has 5 nitrogen and oxygen atoms in total. The number of furan rings is 1. The summed E-state index contributed by atoms with van der Waals surface area (Å²) < 4.78 is 13.3. The monoisotopic (exact) mass is 819 g/mol. The molecule has 8 aromatic carbocycles. The van der Waals surface area contributed by atoms with E-state index in [9.17, 15) is 0 Å². The van der Waals surface area contributed by atoms with Crippen LogP contribution in [0.3, 0.4) is 0 Å². The maximum absolute atomic E-state index is 6.81. The number of aromatic nitrogens is 3. The Morgan fingerprint density at radius 2 is 1.08 bits per heavy atom. The second-order valence-electron chi connectivity index (χ2n) is 16.6. The number of benzene rings is 8. The van der Waals surface area contributed by atoms with Crippen molar-refractivity contribution in [3.63, 3.8) is 0 Å². The zero-order chi connectivity index (χ0) is 42.1. The molecule has 2 unspecified atom stereocenters. The molecule has 0 bridgehead atoms. The first-order chi connectivity index (χ1) is 31.7. The van der Waals surface area contributed by atoms with Gasteiger partial charge in [0.25, 0.3) is 0 Å². The topological polar surface area (TPSA) is 61.0 Å². The van der Waals surface area contributed by atoms with Crippen molar-refractivity contribution in [1.29, 1.82) is 0 Å². The third-order valence-corrected chi connectivity index (χ3v) is 12.8. The van der Waals surface area contributed by atoms with E-state index in [1.54, 1.807) is 0 Å². The van der Waals surface area contributed by atoms with E-state index in [2.05, 4.69) is 176 Å². The molecule has 0 spiro atoms. The Bertz CT molecular complexity index is 3680. The van der Waals surface area contributed by atoms with Crippen LogP contribution in [0.2, 0.25) is 0 Å². The summed E-state index contributed by atoms with van der Waals surface area (Å²) in [5.74, 6) is 1.65. The van der Waals surface area contributed by atoms with Crippen LogP contribution in [0.5, 0.6) is 5.75 Å². The van der Waals surface area contributed by atoms with E-state index in [4.69, 9.17) is 24.1 Å². The van der Waals surface area contributed by atoms with Gasteiger partial charge in [-0.15, -0.1) is 0 Å². The lowest BCUT2D eigenvalue weighted by atomic mass is 9.82. The molecule has 1 aliphatic heterocycles. The van der Waals surface area contributed by atoms with Gasteiger partial charge in [0.05, 0.1) is 22.6 Å². The van der Waals surface area contributed by atoms with Crippen LogP contribution < -0.4 is 4.74 Å². The molecular formula is C59H37N3O2. The number of fused-ring (bicyclic) bond motifs is 9. The molecule has 1 aliphatic carbocycles. The van der Waals surface area contributed by atoms with Crippen LogP contribution in [0.1, 0.15) is 11.5 Å². The summed E-state index contributed by atoms with van der Waals surface area (Å²) in [4.78, 5) is 15.7. The van der Waals surface area contributed by atoms with E-state index in [-0.39, 0.29) is 12.0 Å². The molecule has 2 aliphatic rings. The van der Waals surface area contributed by atoms with Gasteiger partial charge in [-0.3, -0.25) is 0 Å². The standard InChI is InChI=1S/C59H37N3O2/c1-3-14-36(15-4-1)37-26-30-39(31-27-37)54-55-44-19-7-10-23-48(44)60-57(47(55)34-53-56(54)46-20-9-12-25-52(46)63-53)40-32-28-38(29-33-40)49-35-50(62-59(61-49)41-16-5-2-6-17-41)45-22-13-21-43-42-18-8-11-24-51(42)64-58(43)45/h1-35,46,52H. The first-order valence-electron chi connectivity index (χ1n) is 21.7. The molecule has 64 heavy (non-hydrogen) atoms. The number of para-hydroxylation sites is 3. The molecule has 0 saturated heterocycles. The highest BCUT2D eigenvalue weighted by atomic mass is 16.5. The first-order valence-corrected chi connectivity index (χ1v) is 21.7. The smallest absolute Gasteiger partial charge is 0.160 e. The van der Waals surface area contributed by atoms with Gasteiger partial charge in [-0.25, -0.2) is 15.0 Å². The van der Waals surface area contributed by atoms with E-state index >= 15 is 0 Å². The molecule has 13 rings (SSSR count). The number of hydrogen-bond acceptors (Lipinski definition) is 5. The average molecular weight is 820 g/mol. The third-order valence-electron chi connectivity index (χ3n) is 12.8. The van der Waals surface area contributed by atoms with Gasteiger partial charge in [-0.05, 0) is 58.7 Å². The summed E-state index contributed by atoms with van der Waals surface area (Å²) >= 11 is 0. The summed E-state index contributed by atoms with van der Waals surface area (Å²) in [6.07, 6.45) is 8.62. The highest BCUT2D eigenvalue weighted by Gasteiger charge is 2.36. The molecule has 0 N–H and O–H groups in total. The predicted octanol–water partition coefficient (Wildman–Crippen LogP) is 15.0. The lowest BCUT2D eigenvalue weighted by molar-refractivity contribution is 0.269. The molecule has 3 aromatic heterocycles. The molecular weight excluding hydrogens is 783 g/mol. The fraction of sp³-hybridized carbons (Fsp3) is 0.0339. The summed E-state index contributed by atoms with van der Waals surface area (Å²) in [6, 6.07) is 65.6. The molecule has 0 saturated carbocycles. The van der Waals surface area contributed by atoms with Gasteiger partial charge >= 0.3 is 0 Å². The minimum absolute atomic E-state index is 0.0709. The maximum atomic E-state index is 6.81. The van der Waals surface area contributed by atoms with Crippen LogP contribution in [0, 0.1) is 0 Å². The second kappa shape index (κ2) is 14.6. The molecule has 0 fully saturated rings. The number of allylic oxidation sites excluding steroid dienone is 2. The SMILES string of the molecule is C1=CC2Oc3cc4c(-c5ccc(-c6cc(-c7cccc8c7oc7ccccc78)nc(-c7ccccc7)n6)cc5)nc5ccccc5c4c(-c4ccc(-c5ccccc5)cc4)c3C2C=C1. The van der Waals surface area contributed by atoms with Crippen molar-refractivity contribution in [1.82, 2.24) is 15.0 Å². The molecule has 11 aromatic rings. The van der Waals surface area contributed by atoms with Crippen molar-refractivity contribution in [2.24, 2.45) is 0 Å². The van der Waals surface area contributed by atoms with E-state index in [0.29, 0.717) is 5.82 Å². The Kier molecular flexibility index (Phi) is 8.28. The van der Waals surface area contributed by atoms with Gasteiger partial charge in [-0.2, -0.15) is 0 Å². The molecule has 4 heterocycles. The van der Waals surface area contributed by atoms with Crippen molar-refractivity contribution in [2.45, 2.75) is 12.0 Å². The van der Waals surface area contributed by atoms with Crippen molar-refractivity contribution in [2.75, 3.05) is 0 Å². The normalized spacial score (nSPS) is 15.2. The highest BCUT2D eigenvalue weighted by Crippen LogP contribution is 2.52. The van der Waals surface area contributed by atoms with E-state index < -0.39 is 0 Å². The predicted molar refractivity (Wildman–Crippen MR) is 260 cm³/mol. The van der Waals surface area contributed by atoms with Crippen molar-refractivity contribution < 1.29 is 9.15 Å². The summed E-state index contributed by atoms with van der Waals surface area (Å²) in [6.45, 7) is 0. The lowest BCUT2D eigenvalue weighted by Gasteiger charge is -2.20. The molecule has 0 amide bonds. The number of nitrogens with zero attached hydrogens (tertiary/aromatic N) is 3. The summed E-state index contributed by atoms with van der Waals surface area (Å²) in [5.41, 5.74) is 14.9. The minimum Gasteiger partial charge on any atom is -0.485 e. The lowest BCUT2D eigenvalue weighted by Crippen LogP contribution is -2.15. The van der Waals surface area contributed by atoms with Gasteiger partial charge in [0, 0.05) is 60.7 Å². The Balaban J connectivity index is 0.984. The van der Waals surface area contributed by atoms with Gasteiger partial charge in [0.1, 0.15) is 23.0 Å². The number of rotatable bonds is 6. The summed E-state index contributed by atoms with van der Waals surface area (Å²) in [5, 5.41) is 5.48. The highest BCUT2D eigenvalue weighted by molar-refractivity contribution is 6.19. The van der Waals surface area contributed by atoms with Crippen molar-refractivity contribution in [3.8, 4) is 73.2 Å². The molecule has 0 radical (unpaired) electrons. The number of ether oxygens (including phenoxy) is 1. The zero-order valence-electron chi connectivity index (χ0n) is 34.5. The quantitative estimate of drug-likeness (QED) is 0.156. The fourth-order valence-corrected chi connectivity index (χ4v) is 9.82. The molecule has 300 valence electrons. The fourth-order valence-electron chi connectivity index (χ4n) is 9.82. The molecule has 5 heteroatoms. The van der Waals surface area contributed by atoms with Gasteiger partial charge in [-0.1, -0.05) is 176 Å². The molecule has 2 atom stereocenters. The summed E-state index contributed by atoms with van der Waals surface area (Å²) in [7, 11) is 0. The number of pyridine rings is 1. The Hall–Kier alpha value is -8.41. The van der Waals surface area contributed by atoms with Crippen LogP contribution in [-0.2, 0) is 0 Å². The Morgan fingerprint density at radius 1 is 0.438 bits per heavy atom. The Labute approximate surface area is 369 Å². The van der Waals surface area contributed by atoms with E-state index in [1.807, 2.05) is 36.4 Å². The van der Waals surface area contributed by atoms with Crippen LogP contribution in [0.15, 0.2) is 217 Å². The van der Waals surface area contributed by atoms with E-state index in [0.717, 1.165) is 88.9 Å². The maximum Gasteiger partial charge on any atom is 0.160 e. The largest absolute Gasteiger partial charge is 0.485 e. The van der Waals surface area contributed by atoms with Crippen LogP contribution in [0.4, 0.5) is 0 Å².